The molecule has 1 aliphatic rings. The van der Waals surface area contributed by atoms with Crippen LogP contribution >= 0.6 is 0 Å². The highest BCUT2D eigenvalue weighted by Crippen LogP contribution is 2.18. The van der Waals surface area contributed by atoms with Gasteiger partial charge >= 0.3 is 0 Å². The number of hydrogen-bond donors (Lipinski definition) is 2. The molecular formula is C16H24N2O2. The van der Waals surface area contributed by atoms with Crippen molar-refractivity contribution in [1.82, 2.24) is 10.6 Å². The molecule has 0 aromatic heterocycles. The van der Waals surface area contributed by atoms with Crippen LogP contribution in [0.15, 0.2) is 24.3 Å². The maximum atomic E-state index is 12.0. The van der Waals surface area contributed by atoms with Gasteiger partial charge in [-0.25, -0.2) is 0 Å². The quantitative estimate of drug-likeness (QED) is 0.837. The van der Waals surface area contributed by atoms with Crippen LogP contribution in [0.5, 0.6) is 5.75 Å². The first-order valence-corrected chi connectivity index (χ1v) is 7.39. The van der Waals surface area contributed by atoms with Gasteiger partial charge in [-0.1, -0.05) is 25.0 Å². The lowest BCUT2D eigenvalue weighted by Crippen LogP contribution is -2.41. The van der Waals surface area contributed by atoms with E-state index in [9.17, 15) is 4.79 Å². The normalized spacial score (nSPS) is 16.9. The van der Waals surface area contributed by atoms with Gasteiger partial charge in [-0.05, 0) is 44.5 Å². The summed E-state index contributed by atoms with van der Waals surface area (Å²) in [5.41, 5.74) is 1.20. The third kappa shape index (κ3) is 4.23. The molecular weight excluding hydrogens is 252 g/mol. The van der Waals surface area contributed by atoms with Crippen molar-refractivity contribution in [1.29, 1.82) is 0 Å². The average Bonchev–Trinajstić information content (AvgIpc) is 2.94. The Morgan fingerprint density at radius 1 is 1.30 bits per heavy atom. The zero-order valence-corrected chi connectivity index (χ0v) is 12.3. The van der Waals surface area contributed by atoms with E-state index in [4.69, 9.17) is 4.74 Å². The number of ether oxygens (including phenoxy) is 1. The second-order valence-electron chi connectivity index (χ2n) is 5.42. The summed E-state index contributed by atoms with van der Waals surface area (Å²) >= 11 is 0. The number of rotatable bonds is 6. The van der Waals surface area contributed by atoms with Gasteiger partial charge in [0.05, 0.1) is 0 Å². The van der Waals surface area contributed by atoms with Crippen molar-refractivity contribution in [3.8, 4) is 5.75 Å². The molecule has 20 heavy (non-hydrogen) atoms. The molecule has 2 rings (SSSR count). The first-order valence-electron chi connectivity index (χ1n) is 7.39. The van der Waals surface area contributed by atoms with Gasteiger partial charge in [0.15, 0.2) is 6.10 Å². The van der Waals surface area contributed by atoms with Crippen LogP contribution in [-0.2, 0) is 11.3 Å². The number of carbonyl (C=O) groups excluding carboxylic acids is 1. The minimum atomic E-state index is -0.453. The van der Waals surface area contributed by atoms with Crippen molar-refractivity contribution in [3.05, 3.63) is 29.8 Å². The van der Waals surface area contributed by atoms with Gasteiger partial charge in [-0.2, -0.15) is 0 Å². The van der Waals surface area contributed by atoms with Gasteiger partial charge in [0.2, 0.25) is 0 Å². The Balaban J connectivity index is 1.83. The third-order valence-electron chi connectivity index (χ3n) is 3.69. The van der Waals surface area contributed by atoms with E-state index in [-0.39, 0.29) is 5.91 Å². The highest BCUT2D eigenvalue weighted by atomic mass is 16.5. The Morgan fingerprint density at radius 2 is 1.95 bits per heavy atom. The second-order valence-corrected chi connectivity index (χ2v) is 5.42. The summed E-state index contributed by atoms with van der Waals surface area (Å²) in [5, 5.41) is 6.15. The van der Waals surface area contributed by atoms with Gasteiger partial charge in [-0.15, -0.1) is 0 Å². The smallest absolute Gasteiger partial charge is 0.260 e. The van der Waals surface area contributed by atoms with Gasteiger partial charge < -0.3 is 15.4 Å². The van der Waals surface area contributed by atoms with Crippen LogP contribution < -0.4 is 15.4 Å². The minimum Gasteiger partial charge on any atom is -0.481 e. The SMILES string of the molecule is CNCc1ccc(OC(C)C(=O)NC2CCCC2)cc1. The van der Waals surface area contributed by atoms with Gasteiger partial charge in [-0.3, -0.25) is 4.79 Å². The molecule has 2 N–H and O–H groups in total. The van der Waals surface area contributed by atoms with Crippen molar-refractivity contribution in [3.63, 3.8) is 0 Å². The summed E-state index contributed by atoms with van der Waals surface area (Å²) in [6.07, 6.45) is 4.17. The van der Waals surface area contributed by atoms with Crippen molar-refractivity contribution in [2.75, 3.05) is 7.05 Å². The lowest BCUT2D eigenvalue weighted by molar-refractivity contribution is -0.127. The summed E-state index contributed by atoms with van der Waals surface area (Å²) in [4.78, 5) is 12.0. The fourth-order valence-corrected chi connectivity index (χ4v) is 2.54. The molecule has 0 heterocycles. The Kier molecular flexibility index (Phi) is 5.41. The minimum absolute atomic E-state index is 0.0174. The Morgan fingerprint density at radius 3 is 2.55 bits per heavy atom. The van der Waals surface area contributed by atoms with E-state index in [2.05, 4.69) is 10.6 Å². The summed E-state index contributed by atoms with van der Waals surface area (Å²) in [7, 11) is 1.92. The highest BCUT2D eigenvalue weighted by molar-refractivity contribution is 5.81. The standard InChI is InChI=1S/C16H24N2O2/c1-12(16(19)18-14-5-3-4-6-14)20-15-9-7-13(8-10-15)11-17-2/h7-10,12,14,17H,3-6,11H2,1-2H3,(H,18,19). The van der Waals surface area contributed by atoms with Crippen LogP contribution in [0.2, 0.25) is 0 Å². The number of amides is 1. The highest BCUT2D eigenvalue weighted by Gasteiger charge is 2.21. The number of benzene rings is 1. The Labute approximate surface area is 120 Å². The van der Waals surface area contributed by atoms with Crippen LogP contribution in [0, 0.1) is 0 Å². The first kappa shape index (κ1) is 14.9. The molecule has 0 aliphatic heterocycles. The monoisotopic (exact) mass is 276 g/mol. The van der Waals surface area contributed by atoms with Crippen LogP contribution in [0.1, 0.15) is 38.2 Å². The van der Waals surface area contributed by atoms with Crippen molar-refractivity contribution >= 4 is 5.91 Å². The molecule has 1 aromatic carbocycles. The summed E-state index contributed by atoms with van der Waals surface area (Å²) in [6.45, 7) is 2.63. The van der Waals surface area contributed by atoms with E-state index in [0.717, 1.165) is 25.1 Å². The molecule has 1 aromatic rings. The lowest BCUT2D eigenvalue weighted by Gasteiger charge is -2.18. The van der Waals surface area contributed by atoms with Crippen molar-refractivity contribution < 1.29 is 9.53 Å². The molecule has 0 saturated heterocycles. The van der Waals surface area contributed by atoms with Crippen LogP contribution in [0.4, 0.5) is 0 Å². The fourth-order valence-electron chi connectivity index (χ4n) is 2.54. The summed E-state index contributed by atoms with van der Waals surface area (Å²) in [6, 6.07) is 8.17. The molecule has 1 saturated carbocycles. The number of nitrogens with one attached hydrogen (secondary N) is 2. The number of hydrogen-bond acceptors (Lipinski definition) is 3. The predicted molar refractivity (Wildman–Crippen MR) is 79.7 cm³/mol. The van der Waals surface area contributed by atoms with Gasteiger partial charge in [0.1, 0.15) is 5.75 Å². The second kappa shape index (κ2) is 7.29. The summed E-state index contributed by atoms with van der Waals surface area (Å²) in [5.74, 6) is 0.718. The fraction of sp³-hybridized carbons (Fsp3) is 0.562. The molecule has 1 atom stereocenters. The maximum absolute atomic E-state index is 12.0. The summed E-state index contributed by atoms with van der Waals surface area (Å²) < 4.78 is 5.69. The van der Waals surface area contributed by atoms with E-state index in [1.54, 1.807) is 6.92 Å². The van der Waals surface area contributed by atoms with Gasteiger partial charge in [0.25, 0.3) is 5.91 Å². The van der Waals surface area contributed by atoms with E-state index in [0.29, 0.717) is 6.04 Å². The largest absolute Gasteiger partial charge is 0.481 e. The topological polar surface area (TPSA) is 50.4 Å². The van der Waals surface area contributed by atoms with E-state index >= 15 is 0 Å². The molecule has 1 amide bonds. The zero-order chi connectivity index (χ0) is 14.4. The molecule has 1 unspecified atom stereocenters. The molecule has 4 nitrogen and oxygen atoms in total. The zero-order valence-electron chi connectivity index (χ0n) is 12.3. The van der Waals surface area contributed by atoms with Crippen LogP contribution in [-0.4, -0.2) is 25.1 Å². The van der Waals surface area contributed by atoms with E-state index in [1.165, 1.54) is 18.4 Å². The molecule has 4 heteroatoms. The van der Waals surface area contributed by atoms with E-state index < -0.39 is 6.10 Å². The maximum Gasteiger partial charge on any atom is 0.260 e. The molecule has 0 bridgehead atoms. The van der Waals surface area contributed by atoms with Crippen LogP contribution in [0.25, 0.3) is 0 Å². The Bertz CT molecular complexity index is 425. The number of carbonyl (C=O) groups is 1. The van der Waals surface area contributed by atoms with Crippen molar-refractivity contribution in [2.24, 2.45) is 0 Å². The first-order chi connectivity index (χ1) is 9.69. The van der Waals surface area contributed by atoms with E-state index in [1.807, 2.05) is 31.3 Å². The molecule has 0 spiro atoms. The third-order valence-corrected chi connectivity index (χ3v) is 3.69. The molecule has 110 valence electrons. The Hall–Kier alpha value is -1.55. The predicted octanol–water partition coefficient (Wildman–Crippen LogP) is 2.23. The average molecular weight is 276 g/mol. The molecule has 1 aliphatic carbocycles. The van der Waals surface area contributed by atoms with Gasteiger partial charge in [0, 0.05) is 12.6 Å². The lowest BCUT2D eigenvalue weighted by atomic mass is 10.2. The molecule has 1 fully saturated rings. The van der Waals surface area contributed by atoms with Crippen molar-refractivity contribution in [2.45, 2.75) is 51.3 Å². The molecule has 0 radical (unpaired) electrons. The van der Waals surface area contributed by atoms with Crippen LogP contribution in [0.3, 0.4) is 0 Å².